The van der Waals surface area contributed by atoms with E-state index in [0.717, 1.165) is 12.0 Å². The molecule has 2 atom stereocenters. The molecule has 1 N–H and O–H groups in total. The van der Waals surface area contributed by atoms with Gasteiger partial charge in [0.15, 0.2) is 0 Å². The van der Waals surface area contributed by atoms with Gasteiger partial charge in [-0.25, -0.2) is 0 Å². The molecule has 2 aromatic rings. The standard InChI is InChI=1S/C18H20N2O3/c1-3-13(2)17(14-8-5-4-6-9-14)18(21)19-15-10-7-11-16(12-15)20(22)23/h4-13,17H,3H2,1-2H3,(H,19,21). The molecular formula is C18H20N2O3. The monoisotopic (exact) mass is 312 g/mol. The highest BCUT2D eigenvalue weighted by atomic mass is 16.6. The average Bonchev–Trinajstić information content (AvgIpc) is 2.56. The van der Waals surface area contributed by atoms with E-state index < -0.39 is 4.92 Å². The minimum atomic E-state index is -0.473. The number of nitro groups is 1. The van der Waals surface area contributed by atoms with Crippen LogP contribution in [0, 0.1) is 16.0 Å². The Balaban J connectivity index is 2.25. The summed E-state index contributed by atoms with van der Waals surface area (Å²) >= 11 is 0. The van der Waals surface area contributed by atoms with Gasteiger partial charge in [-0.3, -0.25) is 14.9 Å². The van der Waals surface area contributed by atoms with E-state index >= 15 is 0 Å². The van der Waals surface area contributed by atoms with E-state index in [1.54, 1.807) is 12.1 Å². The van der Waals surface area contributed by atoms with Gasteiger partial charge < -0.3 is 5.32 Å². The van der Waals surface area contributed by atoms with Crippen molar-refractivity contribution >= 4 is 17.3 Å². The zero-order chi connectivity index (χ0) is 16.8. The maximum absolute atomic E-state index is 12.7. The van der Waals surface area contributed by atoms with Gasteiger partial charge in [0.2, 0.25) is 5.91 Å². The third-order valence-electron chi connectivity index (χ3n) is 3.98. The molecule has 1 amide bonds. The Hall–Kier alpha value is -2.69. The molecule has 0 radical (unpaired) electrons. The Morgan fingerprint density at radius 3 is 2.48 bits per heavy atom. The SMILES string of the molecule is CCC(C)C(C(=O)Nc1cccc([N+](=O)[O-])c1)c1ccccc1. The molecule has 0 aromatic heterocycles. The number of nitrogens with zero attached hydrogens (tertiary/aromatic N) is 1. The van der Waals surface area contributed by atoms with Crippen molar-refractivity contribution in [2.45, 2.75) is 26.2 Å². The van der Waals surface area contributed by atoms with Crippen molar-refractivity contribution in [3.63, 3.8) is 0 Å². The molecule has 0 aliphatic rings. The fourth-order valence-corrected chi connectivity index (χ4v) is 2.55. The number of carbonyl (C=O) groups is 1. The predicted octanol–water partition coefficient (Wildman–Crippen LogP) is 4.36. The second-order valence-electron chi connectivity index (χ2n) is 5.57. The molecule has 0 aliphatic carbocycles. The normalized spacial score (nSPS) is 13.1. The molecule has 23 heavy (non-hydrogen) atoms. The number of benzene rings is 2. The van der Waals surface area contributed by atoms with Crippen LogP contribution in [0.2, 0.25) is 0 Å². The first-order valence-electron chi connectivity index (χ1n) is 7.63. The van der Waals surface area contributed by atoms with Gasteiger partial charge in [0, 0.05) is 17.8 Å². The van der Waals surface area contributed by atoms with Gasteiger partial charge in [-0.2, -0.15) is 0 Å². The van der Waals surface area contributed by atoms with E-state index in [1.165, 1.54) is 12.1 Å². The first-order valence-corrected chi connectivity index (χ1v) is 7.63. The fourth-order valence-electron chi connectivity index (χ4n) is 2.55. The molecule has 5 heteroatoms. The number of amides is 1. The van der Waals surface area contributed by atoms with Crippen molar-refractivity contribution in [2.75, 3.05) is 5.32 Å². The Labute approximate surface area is 135 Å². The molecule has 120 valence electrons. The van der Waals surface area contributed by atoms with Gasteiger partial charge in [0.05, 0.1) is 10.8 Å². The lowest BCUT2D eigenvalue weighted by molar-refractivity contribution is -0.384. The van der Waals surface area contributed by atoms with Crippen molar-refractivity contribution < 1.29 is 9.72 Å². The number of non-ortho nitro benzene ring substituents is 1. The topological polar surface area (TPSA) is 72.2 Å². The number of carbonyl (C=O) groups excluding carboxylic acids is 1. The van der Waals surface area contributed by atoms with E-state index in [-0.39, 0.29) is 23.4 Å². The summed E-state index contributed by atoms with van der Waals surface area (Å²) in [6, 6.07) is 15.6. The Bertz CT molecular complexity index is 686. The van der Waals surface area contributed by atoms with Crippen LogP contribution in [0.5, 0.6) is 0 Å². The molecule has 0 saturated carbocycles. The van der Waals surface area contributed by atoms with Gasteiger partial charge in [0.1, 0.15) is 0 Å². The number of hydrogen-bond donors (Lipinski definition) is 1. The summed E-state index contributed by atoms with van der Waals surface area (Å²) in [4.78, 5) is 23.1. The number of anilines is 1. The summed E-state index contributed by atoms with van der Waals surface area (Å²) in [6.07, 6.45) is 0.863. The fraction of sp³-hybridized carbons (Fsp3) is 0.278. The molecule has 2 unspecified atom stereocenters. The van der Waals surface area contributed by atoms with E-state index in [4.69, 9.17) is 0 Å². The maximum Gasteiger partial charge on any atom is 0.271 e. The van der Waals surface area contributed by atoms with E-state index in [2.05, 4.69) is 5.32 Å². The molecule has 2 aromatic carbocycles. The third kappa shape index (κ3) is 4.16. The smallest absolute Gasteiger partial charge is 0.271 e. The van der Waals surface area contributed by atoms with E-state index in [1.807, 2.05) is 44.2 Å². The molecule has 0 bridgehead atoms. The van der Waals surface area contributed by atoms with E-state index in [9.17, 15) is 14.9 Å². The first-order chi connectivity index (χ1) is 11.0. The molecule has 5 nitrogen and oxygen atoms in total. The Morgan fingerprint density at radius 1 is 1.17 bits per heavy atom. The maximum atomic E-state index is 12.7. The van der Waals surface area contributed by atoms with E-state index in [0.29, 0.717) is 5.69 Å². The van der Waals surface area contributed by atoms with Crippen LogP contribution in [0.1, 0.15) is 31.7 Å². The number of rotatable bonds is 6. The third-order valence-corrected chi connectivity index (χ3v) is 3.98. The van der Waals surface area contributed by atoms with Crippen LogP contribution in [0.4, 0.5) is 11.4 Å². The lowest BCUT2D eigenvalue weighted by atomic mass is 9.85. The van der Waals surface area contributed by atoms with Crippen LogP contribution < -0.4 is 5.32 Å². The minimum absolute atomic E-state index is 0.0393. The van der Waals surface area contributed by atoms with Crippen molar-refractivity contribution in [3.8, 4) is 0 Å². The van der Waals surface area contributed by atoms with Gasteiger partial charge in [0.25, 0.3) is 5.69 Å². The second kappa shape index (κ2) is 7.54. The van der Waals surface area contributed by atoms with Crippen LogP contribution in [0.25, 0.3) is 0 Å². The van der Waals surface area contributed by atoms with Crippen LogP contribution >= 0.6 is 0 Å². The minimum Gasteiger partial charge on any atom is -0.325 e. The predicted molar refractivity (Wildman–Crippen MR) is 90.4 cm³/mol. The highest BCUT2D eigenvalue weighted by Crippen LogP contribution is 2.29. The first kappa shape index (κ1) is 16.7. The highest BCUT2D eigenvalue weighted by Gasteiger charge is 2.26. The van der Waals surface area contributed by atoms with Crippen LogP contribution in [-0.2, 0) is 4.79 Å². The Morgan fingerprint density at radius 2 is 1.87 bits per heavy atom. The zero-order valence-electron chi connectivity index (χ0n) is 13.2. The van der Waals surface area contributed by atoms with Crippen molar-refractivity contribution in [1.82, 2.24) is 0 Å². The largest absolute Gasteiger partial charge is 0.325 e. The van der Waals surface area contributed by atoms with Gasteiger partial charge in [-0.1, -0.05) is 56.7 Å². The lowest BCUT2D eigenvalue weighted by Gasteiger charge is -2.22. The summed E-state index contributed by atoms with van der Waals surface area (Å²) in [5.41, 5.74) is 1.35. The highest BCUT2D eigenvalue weighted by molar-refractivity contribution is 5.96. The van der Waals surface area contributed by atoms with Crippen LogP contribution in [0.3, 0.4) is 0 Å². The Kier molecular flexibility index (Phi) is 5.46. The van der Waals surface area contributed by atoms with Crippen LogP contribution in [0.15, 0.2) is 54.6 Å². The van der Waals surface area contributed by atoms with Crippen molar-refractivity contribution in [3.05, 3.63) is 70.3 Å². The zero-order valence-corrected chi connectivity index (χ0v) is 13.2. The summed E-state index contributed by atoms with van der Waals surface area (Å²) in [5, 5.41) is 13.6. The summed E-state index contributed by atoms with van der Waals surface area (Å²) in [6.45, 7) is 4.08. The molecule has 0 heterocycles. The lowest BCUT2D eigenvalue weighted by Crippen LogP contribution is -2.26. The van der Waals surface area contributed by atoms with Crippen molar-refractivity contribution in [1.29, 1.82) is 0 Å². The van der Waals surface area contributed by atoms with Gasteiger partial charge in [-0.15, -0.1) is 0 Å². The quantitative estimate of drug-likeness (QED) is 0.636. The summed E-state index contributed by atoms with van der Waals surface area (Å²) in [5.74, 6) is -0.275. The summed E-state index contributed by atoms with van der Waals surface area (Å²) in [7, 11) is 0. The molecule has 0 aliphatic heterocycles. The van der Waals surface area contributed by atoms with Crippen LogP contribution in [-0.4, -0.2) is 10.8 Å². The van der Waals surface area contributed by atoms with Gasteiger partial charge in [-0.05, 0) is 17.5 Å². The molecular weight excluding hydrogens is 292 g/mol. The summed E-state index contributed by atoms with van der Waals surface area (Å²) < 4.78 is 0. The van der Waals surface area contributed by atoms with Crippen molar-refractivity contribution in [2.24, 2.45) is 5.92 Å². The average molecular weight is 312 g/mol. The molecule has 0 spiro atoms. The molecule has 0 fully saturated rings. The molecule has 0 saturated heterocycles. The van der Waals surface area contributed by atoms with Gasteiger partial charge >= 0.3 is 0 Å². The second-order valence-corrected chi connectivity index (χ2v) is 5.57. The number of hydrogen-bond acceptors (Lipinski definition) is 3. The molecule has 2 rings (SSSR count). The number of nitro benzene ring substituents is 1. The number of nitrogens with one attached hydrogen (secondary N) is 1.